The molecule has 2 aromatic heterocycles. The van der Waals surface area contributed by atoms with Crippen molar-refractivity contribution in [1.29, 1.82) is 0 Å². The lowest BCUT2D eigenvalue weighted by Gasteiger charge is -2.51. The molecule has 19 heteroatoms. The number of methoxy groups -OCH3 is 1. The van der Waals surface area contributed by atoms with Crippen molar-refractivity contribution < 1.29 is 38.1 Å². The molecule has 1 saturated heterocycles. The molecule has 3 aromatic rings. The van der Waals surface area contributed by atoms with Crippen molar-refractivity contribution in [2.45, 2.75) is 113 Å². The second-order valence-electron chi connectivity index (χ2n) is 17.6. The lowest BCUT2D eigenvalue weighted by atomic mass is 9.81. The van der Waals surface area contributed by atoms with Crippen LogP contribution in [0.3, 0.4) is 0 Å². The topological polar surface area (TPSA) is 133 Å². The molecule has 0 radical (unpaired) electrons. The molecule has 2 bridgehead atoms. The normalized spacial score (nSPS) is 17.9. The second kappa shape index (κ2) is 20.6. The molecular weight excluding hydrogens is 951 g/mol. The Morgan fingerprint density at radius 2 is 1.53 bits per heavy atom. The summed E-state index contributed by atoms with van der Waals surface area (Å²) in [5, 5.41) is 1.20. The number of carbonyl (C=O) groups is 3. The fourth-order valence-corrected chi connectivity index (χ4v) is 8.55. The summed E-state index contributed by atoms with van der Waals surface area (Å²) < 4.78 is 26.7. The van der Waals surface area contributed by atoms with E-state index in [-0.39, 0.29) is 56.8 Å². The Balaban J connectivity index is 1.38. The third-order valence-corrected chi connectivity index (χ3v) is 13.2. The van der Waals surface area contributed by atoms with Gasteiger partial charge in [0.25, 0.3) is 5.91 Å². The van der Waals surface area contributed by atoms with Gasteiger partial charge in [-0.1, -0.05) is 69.6 Å². The minimum atomic E-state index is -1.99. The van der Waals surface area contributed by atoms with Gasteiger partial charge in [-0.2, -0.15) is 0 Å². The molecule has 2 atom stereocenters. The van der Waals surface area contributed by atoms with Gasteiger partial charge in [0.2, 0.25) is 9.67 Å². The number of hydrogen-bond donors (Lipinski definition) is 0. The molecule has 0 N–H and O–H groups in total. The van der Waals surface area contributed by atoms with E-state index in [0.29, 0.717) is 50.9 Å². The summed E-state index contributed by atoms with van der Waals surface area (Å²) in [6.07, 6.45) is 4.90. The summed E-state index contributed by atoms with van der Waals surface area (Å²) in [4.78, 5) is 57.7. The van der Waals surface area contributed by atoms with Crippen molar-refractivity contribution in [2.75, 3.05) is 40.0 Å². The van der Waals surface area contributed by atoms with Crippen molar-refractivity contribution in [1.82, 2.24) is 24.7 Å². The van der Waals surface area contributed by atoms with Crippen molar-refractivity contribution in [3.05, 3.63) is 85.8 Å². The summed E-state index contributed by atoms with van der Waals surface area (Å²) in [6.45, 7) is 11.2. The minimum absolute atomic E-state index is 0.0636. The molecule has 1 saturated carbocycles. The van der Waals surface area contributed by atoms with Crippen molar-refractivity contribution >= 4 is 93.3 Å². The third-order valence-electron chi connectivity index (χ3n) is 10.9. The number of amides is 3. The standard InChI is InChI=1S/C45H53Cl6N5O8/c1-26-17-33(46)39(34(47)18-26)62-16-15-61-37-13-10-27(21-53-37)32-20-31-24-54(41(58)63-43(2,3)4)25-36(56(31)42(59)64-44(5,6)45(49,50)51)38(32)40(57)55(30-11-12-30)23-28-19-29(9-8-14-60-7)52-22-35(28)48/h10,13,17-19,21-22,30-31,36H,8-9,11-12,14-16,20,23-25H2,1-7H3. The summed E-state index contributed by atoms with van der Waals surface area (Å²) in [7, 11) is 1.65. The van der Waals surface area contributed by atoms with Gasteiger partial charge in [-0.05, 0) is 120 Å². The third kappa shape index (κ3) is 12.3. The number of pyridine rings is 2. The Bertz CT molecular complexity index is 2200. The number of halogens is 6. The largest absolute Gasteiger partial charge is 0.487 e. The number of nitrogens with zero attached hydrogens (tertiary/aromatic N) is 5. The summed E-state index contributed by atoms with van der Waals surface area (Å²) in [5.41, 5.74) is 1.60. The average Bonchev–Trinajstić information content (AvgIpc) is 4.04. The molecule has 348 valence electrons. The monoisotopic (exact) mass is 1000 g/mol. The summed E-state index contributed by atoms with van der Waals surface area (Å²) in [6, 6.07) is 7.12. The number of alkyl halides is 3. The zero-order chi connectivity index (χ0) is 46.7. The first-order chi connectivity index (χ1) is 30.1. The van der Waals surface area contributed by atoms with Gasteiger partial charge in [0.1, 0.15) is 18.8 Å². The van der Waals surface area contributed by atoms with Crippen LogP contribution in [0.4, 0.5) is 9.59 Å². The van der Waals surface area contributed by atoms with Gasteiger partial charge >= 0.3 is 12.2 Å². The van der Waals surface area contributed by atoms with E-state index < -0.39 is 39.3 Å². The number of hydrogen-bond acceptors (Lipinski definition) is 10. The van der Waals surface area contributed by atoms with Crippen LogP contribution in [0.5, 0.6) is 11.6 Å². The number of aryl methyl sites for hydroxylation is 2. The number of benzene rings is 1. The van der Waals surface area contributed by atoms with Crippen LogP contribution >= 0.6 is 69.6 Å². The minimum Gasteiger partial charge on any atom is -0.487 e. The van der Waals surface area contributed by atoms with Crippen LogP contribution in [-0.2, 0) is 32.0 Å². The van der Waals surface area contributed by atoms with Gasteiger partial charge in [0, 0.05) is 69.1 Å². The highest BCUT2D eigenvalue weighted by molar-refractivity contribution is 6.68. The maximum atomic E-state index is 15.6. The van der Waals surface area contributed by atoms with E-state index in [4.69, 9.17) is 93.3 Å². The van der Waals surface area contributed by atoms with E-state index in [1.165, 1.54) is 23.6 Å². The number of rotatable bonds is 15. The van der Waals surface area contributed by atoms with Crippen LogP contribution < -0.4 is 9.47 Å². The van der Waals surface area contributed by atoms with Gasteiger partial charge in [0.05, 0.1) is 27.2 Å². The highest BCUT2D eigenvalue weighted by Gasteiger charge is 2.53. The predicted octanol–water partition coefficient (Wildman–Crippen LogP) is 10.7. The van der Waals surface area contributed by atoms with E-state index in [2.05, 4.69) is 9.97 Å². The molecule has 4 heterocycles. The van der Waals surface area contributed by atoms with E-state index in [0.717, 1.165) is 36.1 Å². The Kier molecular flexibility index (Phi) is 16.1. The fraction of sp³-hybridized carbons (Fsp3) is 0.533. The highest BCUT2D eigenvalue weighted by Crippen LogP contribution is 2.45. The first-order valence-corrected chi connectivity index (χ1v) is 23.2. The van der Waals surface area contributed by atoms with Crippen molar-refractivity contribution in [3.63, 3.8) is 0 Å². The van der Waals surface area contributed by atoms with Crippen LogP contribution in [0.1, 0.15) is 82.7 Å². The summed E-state index contributed by atoms with van der Waals surface area (Å²) >= 11 is 38.4. The molecular formula is C45H53Cl6N5O8. The van der Waals surface area contributed by atoms with Crippen LogP contribution in [0.25, 0.3) is 5.57 Å². The van der Waals surface area contributed by atoms with Gasteiger partial charge < -0.3 is 33.5 Å². The SMILES string of the molecule is COCCCc1cc(CN(C(=O)C2=C(c3ccc(OCCOc4c(Cl)cc(C)cc4Cl)nc3)CC3CN(C(=O)OC(C)(C)C)CC2N3C(=O)OC(C)(C)C(Cl)(Cl)Cl)C2CC2)c(Cl)cn1. The van der Waals surface area contributed by atoms with E-state index in [1.54, 1.807) is 63.4 Å². The molecule has 2 aliphatic heterocycles. The molecule has 64 heavy (non-hydrogen) atoms. The molecule has 2 fully saturated rings. The highest BCUT2D eigenvalue weighted by atomic mass is 35.6. The first kappa shape index (κ1) is 50.0. The number of fused-ring (bicyclic) bond motifs is 2. The zero-order valence-electron chi connectivity index (χ0n) is 36.8. The fourth-order valence-electron chi connectivity index (χ4n) is 7.57. The van der Waals surface area contributed by atoms with Crippen LogP contribution in [0.2, 0.25) is 15.1 Å². The molecule has 1 aliphatic carbocycles. The van der Waals surface area contributed by atoms with Gasteiger partial charge in [0.15, 0.2) is 11.4 Å². The van der Waals surface area contributed by atoms with Gasteiger partial charge in [-0.25, -0.2) is 14.6 Å². The van der Waals surface area contributed by atoms with E-state index in [9.17, 15) is 9.59 Å². The van der Waals surface area contributed by atoms with E-state index >= 15 is 4.79 Å². The molecule has 2 unspecified atom stereocenters. The Morgan fingerprint density at radius 1 is 0.844 bits per heavy atom. The second-order valence-corrected chi connectivity index (χ2v) is 21.1. The predicted molar refractivity (Wildman–Crippen MR) is 249 cm³/mol. The molecule has 3 aliphatic rings. The van der Waals surface area contributed by atoms with Crippen LogP contribution in [-0.4, -0.2) is 116 Å². The molecule has 6 rings (SSSR count). The smallest absolute Gasteiger partial charge is 0.411 e. The molecule has 13 nitrogen and oxygen atoms in total. The molecule has 0 spiro atoms. The van der Waals surface area contributed by atoms with Crippen molar-refractivity contribution in [2.24, 2.45) is 0 Å². The number of carbonyl (C=O) groups excluding carboxylic acids is 3. The maximum absolute atomic E-state index is 15.6. The van der Waals surface area contributed by atoms with Gasteiger partial charge in [-0.3, -0.25) is 14.7 Å². The summed E-state index contributed by atoms with van der Waals surface area (Å²) in [5.74, 6) is 0.326. The van der Waals surface area contributed by atoms with E-state index in [1.807, 2.05) is 19.1 Å². The lowest BCUT2D eigenvalue weighted by Crippen LogP contribution is -2.66. The Morgan fingerprint density at radius 3 is 2.14 bits per heavy atom. The average molecular weight is 1000 g/mol. The first-order valence-electron chi connectivity index (χ1n) is 21.0. The van der Waals surface area contributed by atoms with Crippen molar-refractivity contribution in [3.8, 4) is 11.6 Å². The van der Waals surface area contributed by atoms with Crippen LogP contribution in [0, 0.1) is 6.92 Å². The lowest BCUT2D eigenvalue weighted by molar-refractivity contribution is -0.129. The Hall–Kier alpha value is -3.43. The van der Waals surface area contributed by atoms with Gasteiger partial charge in [-0.15, -0.1) is 0 Å². The molecule has 1 aromatic carbocycles. The maximum Gasteiger partial charge on any atom is 0.411 e. The number of ether oxygens (including phenoxy) is 5. The zero-order valence-corrected chi connectivity index (χ0v) is 41.4. The number of piperazine rings is 1. The van der Waals surface area contributed by atoms with Crippen LogP contribution in [0.15, 0.2) is 48.3 Å². The quantitative estimate of drug-likeness (QED) is 0.107. The number of aromatic nitrogens is 2. The molecule has 3 amide bonds. The Labute approximate surface area is 404 Å².